The van der Waals surface area contributed by atoms with E-state index in [-0.39, 0.29) is 28.7 Å². The summed E-state index contributed by atoms with van der Waals surface area (Å²) in [5.41, 5.74) is -3.46. The van der Waals surface area contributed by atoms with Gasteiger partial charge in [0.25, 0.3) is 0 Å². The molecule has 0 fully saturated rings. The van der Waals surface area contributed by atoms with Gasteiger partial charge in [0.05, 0.1) is 5.69 Å². The van der Waals surface area contributed by atoms with E-state index in [4.69, 9.17) is 5.41 Å². The number of aliphatic hydroxyl groups is 1. The van der Waals surface area contributed by atoms with Gasteiger partial charge in [0.1, 0.15) is 0 Å². The Bertz CT molecular complexity index is 1170. The normalized spacial score (nSPS) is 13.4. The summed E-state index contributed by atoms with van der Waals surface area (Å²) in [4.78, 5) is 11.8. The van der Waals surface area contributed by atoms with Crippen molar-refractivity contribution < 1.29 is 23.1 Å². The average molecular weight is 444 g/mol. The molecule has 1 heterocycles. The number of carbonyl (C=O) groups excluding carboxylic acids is 1. The van der Waals surface area contributed by atoms with E-state index in [2.05, 4.69) is 17.2 Å². The van der Waals surface area contributed by atoms with Gasteiger partial charge in [-0.3, -0.25) is 0 Å². The van der Waals surface area contributed by atoms with Gasteiger partial charge in [-0.25, -0.2) is 4.79 Å². The maximum atomic E-state index is 14.4. The van der Waals surface area contributed by atoms with Crippen molar-refractivity contribution in [2.24, 2.45) is 0 Å². The quantitative estimate of drug-likeness (QED) is 0.313. The Hall–Kier alpha value is -3.59. The number of para-hydroxylation sites is 1. The lowest BCUT2D eigenvalue weighted by molar-refractivity contribution is -0.247. The monoisotopic (exact) mass is 444 g/mol. The summed E-state index contributed by atoms with van der Waals surface area (Å²) in [5, 5.41) is 24.1. The number of hydrogen-bond donors (Lipinski definition) is 4. The fourth-order valence-corrected chi connectivity index (χ4v) is 3.65. The molecule has 4 N–H and O–H groups in total. The van der Waals surface area contributed by atoms with Crippen LogP contribution in [0, 0.1) is 5.41 Å². The fourth-order valence-electron chi connectivity index (χ4n) is 3.65. The molecule has 1 atom stereocenters. The molecule has 0 bridgehead atoms. The number of amides is 2. The largest absolute Gasteiger partial charge is 0.425 e. The molecule has 2 aromatic carbocycles. The number of rotatable bonds is 7. The van der Waals surface area contributed by atoms with Gasteiger partial charge in [-0.1, -0.05) is 30.3 Å². The zero-order chi connectivity index (χ0) is 23.5. The number of nitrogens with one attached hydrogen (secondary N) is 3. The number of benzene rings is 2. The van der Waals surface area contributed by atoms with Crippen LogP contribution in [0.3, 0.4) is 0 Å². The Balaban J connectivity index is 2.22. The molecule has 0 spiro atoms. The number of allylic oxidation sites excluding steroid dienone is 1. The maximum absolute atomic E-state index is 14.4. The molecule has 3 aromatic rings. The molecule has 3 rings (SSSR count). The van der Waals surface area contributed by atoms with Gasteiger partial charge < -0.3 is 25.7 Å². The molecular formula is C23H23F3N4O2. The minimum absolute atomic E-state index is 0.0197. The molecular weight excluding hydrogens is 421 g/mol. The molecule has 6 nitrogen and oxygen atoms in total. The van der Waals surface area contributed by atoms with Crippen molar-refractivity contribution in [3.8, 4) is 0 Å². The highest BCUT2D eigenvalue weighted by molar-refractivity contribution is 5.96. The van der Waals surface area contributed by atoms with Gasteiger partial charge in [0.2, 0.25) is 5.60 Å². The van der Waals surface area contributed by atoms with Crippen LogP contribution in [0.4, 0.5) is 23.7 Å². The average Bonchev–Trinajstić information content (AvgIpc) is 3.12. The minimum atomic E-state index is -5.07. The van der Waals surface area contributed by atoms with Gasteiger partial charge in [-0.15, -0.1) is 6.58 Å². The third-order valence-corrected chi connectivity index (χ3v) is 5.12. The van der Waals surface area contributed by atoms with Crippen LogP contribution < -0.4 is 10.6 Å². The number of nitrogens with zero attached hydrogens (tertiary/aromatic N) is 1. The number of urea groups is 1. The molecule has 0 aliphatic heterocycles. The number of halogens is 3. The molecule has 9 heteroatoms. The van der Waals surface area contributed by atoms with E-state index in [0.29, 0.717) is 12.1 Å². The second-order valence-electron chi connectivity index (χ2n) is 7.14. The van der Waals surface area contributed by atoms with Crippen LogP contribution in [0.25, 0.3) is 10.9 Å². The third-order valence-electron chi connectivity index (χ3n) is 5.12. The summed E-state index contributed by atoms with van der Waals surface area (Å²) >= 11 is 0. The highest BCUT2D eigenvalue weighted by Gasteiger charge is 2.57. The summed E-state index contributed by atoms with van der Waals surface area (Å²) in [6.45, 7) is 5.97. The predicted molar refractivity (Wildman–Crippen MR) is 118 cm³/mol. The van der Waals surface area contributed by atoms with Crippen LogP contribution in [0.2, 0.25) is 0 Å². The van der Waals surface area contributed by atoms with Crippen LogP contribution in [0.5, 0.6) is 0 Å². The standard InChI is InChI=1S/C23H23F3N4O2/c1-3-11-30-14-18(17-7-5-6-8-20(17)30)22(32,23(24,25)26)16-9-10-19(15(12-16)13-27)29-21(31)28-4-2/h3,5-10,12-14,27,32H,1,4,11H2,2H3,(H2,28,29,31). The van der Waals surface area contributed by atoms with Gasteiger partial charge in [0.15, 0.2) is 0 Å². The number of fused-ring (bicyclic) bond motifs is 1. The summed E-state index contributed by atoms with van der Waals surface area (Å²) in [7, 11) is 0. The number of carbonyl (C=O) groups is 1. The van der Waals surface area contributed by atoms with E-state index in [1.165, 1.54) is 18.3 Å². The first-order valence-corrected chi connectivity index (χ1v) is 9.85. The first-order valence-electron chi connectivity index (χ1n) is 9.85. The second-order valence-corrected chi connectivity index (χ2v) is 7.14. The zero-order valence-corrected chi connectivity index (χ0v) is 17.3. The molecule has 0 radical (unpaired) electrons. The molecule has 1 aromatic heterocycles. The van der Waals surface area contributed by atoms with Crippen molar-refractivity contribution in [1.82, 2.24) is 9.88 Å². The highest BCUT2D eigenvalue weighted by atomic mass is 19.4. The van der Waals surface area contributed by atoms with Crippen molar-refractivity contribution in [2.45, 2.75) is 25.2 Å². The van der Waals surface area contributed by atoms with Crippen molar-refractivity contribution in [3.63, 3.8) is 0 Å². The minimum Gasteiger partial charge on any atom is -0.372 e. The van der Waals surface area contributed by atoms with Crippen LogP contribution in [0.15, 0.2) is 61.3 Å². The predicted octanol–water partition coefficient (Wildman–Crippen LogP) is 4.76. The first-order chi connectivity index (χ1) is 15.2. The SMILES string of the molecule is C=CCn1cc(C(O)(c2ccc(NC(=O)NCC)c(C=N)c2)C(F)(F)F)c2ccccc21. The Labute approximate surface area is 182 Å². The van der Waals surface area contributed by atoms with Gasteiger partial charge in [-0.2, -0.15) is 13.2 Å². The highest BCUT2D eigenvalue weighted by Crippen LogP contribution is 2.47. The van der Waals surface area contributed by atoms with Gasteiger partial charge in [0, 0.05) is 47.5 Å². The van der Waals surface area contributed by atoms with E-state index in [0.717, 1.165) is 18.3 Å². The van der Waals surface area contributed by atoms with Crippen LogP contribution in [-0.2, 0) is 12.1 Å². The van der Waals surface area contributed by atoms with E-state index in [1.807, 2.05) is 0 Å². The third kappa shape index (κ3) is 3.99. The Morgan fingerprint density at radius 3 is 2.59 bits per heavy atom. The molecule has 0 aliphatic carbocycles. The Kier molecular flexibility index (Phi) is 6.40. The Morgan fingerprint density at radius 1 is 1.25 bits per heavy atom. The van der Waals surface area contributed by atoms with Crippen molar-refractivity contribution in [1.29, 1.82) is 5.41 Å². The number of aromatic nitrogens is 1. The van der Waals surface area contributed by atoms with E-state index >= 15 is 0 Å². The topological polar surface area (TPSA) is 90.1 Å². The molecule has 2 amide bonds. The lowest BCUT2D eigenvalue weighted by Crippen LogP contribution is -2.43. The first kappa shape index (κ1) is 23.1. The molecule has 0 aliphatic rings. The summed E-state index contributed by atoms with van der Waals surface area (Å²) in [6.07, 6.45) is -1.42. The van der Waals surface area contributed by atoms with Crippen LogP contribution >= 0.6 is 0 Å². The van der Waals surface area contributed by atoms with E-state index < -0.39 is 23.4 Å². The molecule has 1 unspecified atom stereocenters. The number of alkyl halides is 3. The van der Waals surface area contributed by atoms with Crippen LogP contribution in [0.1, 0.15) is 23.6 Å². The van der Waals surface area contributed by atoms with Crippen LogP contribution in [-0.4, -0.2) is 34.6 Å². The van der Waals surface area contributed by atoms with E-state index in [9.17, 15) is 23.1 Å². The number of hydrogen-bond acceptors (Lipinski definition) is 3. The smallest absolute Gasteiger partial charge is 0.372 e. The number of anilines is 1. The Morgan fingerprint density at radius 2 is 1.97 bits per heavy atom. The summed E-state index contributed by atoms with van der Waals surface area (Å²) in [5.74, 6) is 0. The molecule has 168 valence electrons. The molecule has 32 heavy (non-hydrogen) atoms. The lowest BCUT2D eigenvalue weighted by Gasteiger charge is -2.31. The fraction of sp³-hybridized carbons (Fsp3) is 0.217. The summed E-state index contributed by atoms with van der Waals surface area (Å²) < 4.78 is 44.9. The molecule has 0 saturated heterocycles. The maximum Gasteiger partial charge on any atom is 0.425 e. The second kappa shape index (κ2) is 8.88. The lowest BCUT2D eigenvalue weighted by atomic mass is 9.84. The van der Waals surface area contributed by atoms with Crippen molar-refractivity contribution in [3.05, 3.63) is 78.0 Å². The van der Waals surface area contributed by atoms with E-state index in [1.54, 1.807) is 35.8 Å². The van der Waals surface area contributed by atoms with Crippen molar-refractivity contribution >= 4 is 28.8 Å². The van der Waals surface area contributed by atoms with Gasteiger partial charge >= 0.3 is 12.2 Å². The van der Waals surface area contributed by atoms with Gasteiger partial charge in [-0.05, 0) is 30.7 Å². The summed E-state index contributed by atoms with van der Waals surface area (Å²) in [6, 6.07) is 9.33. The van der Waals surface area contributed by atoms with Crippen molar-refractivity contribution in [2.75, 3.05) is 11.9 Å². The molecule has 0 saturated carbocycles. The zero-order valence-electron chi connectivity index (χ0n) is 17.3.